The van der Waals surface area contributed by atoms with Gasteiger partial charge < -0.3 is 5.73 Å². The first-order valence-electron chi connectivity index (χ1n) is 6.33. The Morgan fingerprint density at radius 3 is 2.76 bits per heavy atom. The lowest BCUT2D eigenvalue weighted by atomic mass is 10.2. The highest BCUT2D eigenvalue weighted by Crippen LogP contribution is 2.21. The number of aromatic nitrogens is 2. The minimum atomic E-state index is -3.80. The number of benzene rings is 1. The largest absolute Gasteiger partial charge is 0.399 e. The molecule has 0 bridgehead atoms. The van der Waals surface area contributed by atoms with Crippen LogP contribution in [0.4, 0.5) is 10.1 Å². The van der Waals surface area contributed by atoms with Crippen LogP contribution in [-0.2, 0) is 23.5 Å². The van der Waals surface area contributed by atoms with Gasteiger partial charge >= 0.3 is 0 Å². The maximum atomic E-state index is 13.6. The van der Waals surface area contributed by atoms with E-state index in [-0.39, 0.29) is 22.7 Å². The zero-order valence-electron chi connectivity index (χ0n) is 11.8. The SMILES string of the molecule is Cc1c(F)cc(N)cc1S(=O)(=O)NCCc1ccn(C)n1. The number of anilines is 1. The van der Waals surface area contributed by atoms with E-state index in [0.717, 1.165) is 11.8 Å². The first-order chi connectivity index (χ1) is 9.79. The number of sulfonamides is 1. The molecule has 0 aliphatic rings. The van der Waals surface area contributed by atoms with Crippen LogP contribution in [0.25, 0.3) is 0 Å². The second kappa shape index (κ2) is 5.82. The van der Waals surface area contributed by atoms with E-state index >= 15 is 0 Å². The zero-order chi connectivity index (χ0) is 15.6. The Bertz CT molecular complexity index is 756. The van der Waals surface area contributed by atoms with Gasteiger partial charge in [-0.2, -0.15) is 5.10 Å². The quantitative estimate of drug-likeness (QED) is 0.805. The number of aryl methyl sites for hydroxylation is 1. The molecule has 2 aromatic rings. The van der Waals surface area contributed by atoms with Gasteiger partial charge in [0.25, 0.3) is 0 Å². The first-order valence-corrected chi connectivity index (χ1v) is 7.82. The molecule has 0 unspecified atom stereocenters. The third kappa shape index (κ3) is 3.59. The fraction of sp³-hybridized carbons (Fsp3) is 0.308. The van der Waals surface area contributed by atoms with Crippen molar-refractivity contribution in [1.82, 2.24) is 14.5 Å². The van der Waals surface area contributed by atoms with Crippen LogP contribution in [-0.4, -0.2) is 24.7 Å². The van der Waals surface area contributed by atoms with Crippen molar-refractivity contribution in [3.8, 4) is 0 Å². The maximum absolute atomic E-state index is 13.6. The molecule has 0 saturated carbocycles. The van der Waals surface area contributed by atoms with Gasteiger partial charge in [-0.3, -0.25) is 4.68 Å². The number of nitrogens with zero attached hydrogens (tertiary/aromatic N) is 2. The summed E-state index contributed by atoms with van der Waals surface area (Å²) < 4.78 is 42.0. The van der Waals surface area contributed by atoms with Crippen LogP contribution in [0.2, 0.25) is 0 Å². The fourth-order valence-electron chi connectivity index (χ4n) is 1.94. The van der Waals surface area contributed by atoms with E-state index in [1.165, 1.54) is 13.0 Å². The summed E-state index contributed by atoms with van der Waals surface area (Å²) in [7, 11) is -2.02. The standard InChI is InChI=1S/C13H17FN4O2S/c1-9-12(14)7-10(15)8-13(9)21(19,20)16-5-3-11-4-6-18(2)17-11/h4,6-8,16H,3,5,15H2,1-2H3. The van der Waals surface area contributed by atoms with Crippen LogP contribution in [0.1, 0.15) is 11.3 Å². The summed E-state index contributed by atoms with van der Waals surface area (Å²) in [6.07, 6.45) is 2.23. The molecule has 0 amide bonds. The summed E-state index contributed by atoms with van der Waals surface area (Å²) in [6.45, 7) is 1.58. The highest BCUT2D eigenvalue weighted by atomic mass is 32.2. The van der Waals surface area contributed by atoms with E-state index in [1.54, 1.807) is 24.0 Å². The molecule has 0 aliphatic heterocycles. The van der Waals surface area contributed by atoms with Gasteiger partial charge in [0, 0.05) is 37.5 Å². The topological polar surface area (TPSA) is 90.0 Å². The van der Waals surface area contributed by atoms with Gasteiger partial charge in [0.15, 0.2) is 0 Å². The predicted octanol–water partition coefficient (Wildman–Crippen LogP) is 0.971. The number of rotatable bonds is 5. The number of nitrogens with one attached hydrogen (secondary N) is 1. The Hall–Kier alpha value is -1.93. The predicted molar refractivity (Wildman–Crippen MR) is 77.6 cm³/mol. The Balaban J connectivity index is 2.12. The minimum absolute atomic E-state index is 0.0505. The molecule has 0 fully saturated rings. The van der Waals surface area contributed by atoms with E-state index in [0.29, 0.717) is 6.42 Å². The molecule has 8 heteroatoms. The van der Waals surface area contributed by atoms with Crippen molar-refractivity contribution in [3.05, 3.63) is 41.5 Å². The number of nitrogens with two attached hydrogens (primary N) is 1. The number of nitrogen functional groups attached to an aromatic ring is 1. The summed E-state index contributed by atoms with van der Waals surface area (Å²) in [4.78, 5) is -0.138. The third-order valence-corrected chi connectivity index (χ3v) is 4.64. The Kier molecular flexibility index (Phi) is 4.29. The van der Waals surface area contributed by atoms with Crippen LogP contribution in [0.3, 0.4) is 0 Å². The summed E-state index contributed by atoms with van der Waals surface area (Å²) >= 11 is 0. The van der Waals surface area contributed by atoms with Crippen molar-refractivity contribution in [1.29, 1.82) is 0 Å². The molecule has 0 spiro atoms. The van der Waals surface area contributed by atoms with E-state index in [4.69, 9.17) is 5.73 Å². The number of hydrogen-bond donors (Lipinski definition) is 2. The smallest absolute Gasteiger partial charge is 0.241 e. The molecule has 0 radical (unpaired) electrons. The Morgan fingerprint density at radius 1 is 1.43 bits per heavy atom. The molecule has 6 nitrogen and oxygen atoms in total. The molecular formula is C13H17FN4O2S. The summed E-state index contributed by atoms with van der Waals surface area (Å²) in [5.41, 5.74) is 6.40. The van der Waals surface area contributed by atoms with Gasteiger partial charge in [-0.05, 0) is 25.1 Å². The molecular weight excluding hydrogens is 295 g/mol. The van der Waals surface area contributed by atoms with Crippen LogP contribution in [0.15, 0.2) is 29.3 Å². The van der Waals surface area contributed by atoms with Crippen molar-refractivity contribution in [2.75, 3.05) is 12.3 Å². The molecule has 2 rings (SSSR count). The number of halogens is 1. The van der Waals surface area contributed by atoms with Crippen LogP contribution < -0.4 is 10.5 Å². The van der Waals surface area contributed by atoms with Gasteiger partial charge in [-0.25, -0.2) is 17.5 Å². The molecule has 0 aliphatic carbocycles. The highest BCUT2D eigenvalue weighted by molar-refractivity contribution is 7.89. The molecule has 114 valence electrons. The van der Waals surface area contributed by atoms with Gasteiger partial charge in [-0.15, -0.1) is 0 Å². The lowest BCUT2D eigenvalue weighted by Crippen LogP contribution is -2.27. The molecule has 21 heavy (non-hydrogen) atoms. The fourth-order valence-corrected chi connectivity index (χ4v) is 3.26. The minimum Gasteiger partial charge on any atom is -0.399 e. The summed E-state index contributed by atoms with van der Waals surface area (Å²) in [5.74, 6) is -0.639. The van der Waals surface area contributed by atoms with Crippen molar-refractivity contribution in [2.24, 2.45) is 7.05 Å². The highest BCUT2D eigenvalue weighted by Gasteiger charge is 2.19. The van der Waals surface area contributed by atoms with Gasteiger partial charge in [0.1, 0.15) is 5.82 Å². The molecule has 0 atom stereocenters. The monoisotopic (exact) mass is 312 g/mol. The first kappa shape index (κ1) is 15.5. The Morgan fingerprint density at radius 2 is 2.14 bits per heavy atom. The lowest BCUT2D eigenvalue weighted by Gasteiger charge is -2.10. The van der Waals surface area contributed by atoms with Gasteiger partial charge in [0.2, 0.25) is 10.0 Å². The average Bonchev–Trinajstić information content (AvgIpc) is 2.79. The molecule has 1 aromatic carbocycles. The third-order valence-electron chi connectivity index (χ3n) is 3.05. The molecule has 1 aromatic heterocycles. The van der Waals surface area contributed by atoms with E-state index < -0.39 is 15.8 Å². The van der Waals surface area contributed by atoms with Crippen molar-refractivity contribution in [2.45, 2.75) is 18.2 Å². The van der Waals surface area contributed by atoms with E-state index in [2.05, 4.69) is 9.82 Å². The molecule has 1 heterocycles. The molecule has 0 saturated heterocycles. The van der Waals surface area contributed by atoms with Crippen molar-refractivity contribution >= 4 is 15.7 Å². The van der Waals surface area contributed by atoms with Crippen LogP contribution in [0, 0.1) is 12.7 Å². The lowest BCUT2D eigenvalue weighted by molar-refractivity contribution is 0.574. The average molecular weight is 312 g/mol. The van der Waals surface area contributed by atoms with Gasteiger partial charge in [0.05, 0.1) is 10.6 Å². The summed E-state index contributed by atoms with van der Waals surface area (Å²) in [6, 6.07) is 4.16. The second-order valence-electron chi connectivity index (χ2n) is 4.75. The maximum Gasteiger partial charge on any atom is 0.241 e. The van der Waals surface area contributed by atoms with Crippen LogP contribution in [0.5, 0.6) is 0 Å². The normalized spacial score (nSPS) is 11.8. The summed E-state index contributed by atoms with van der Waals surface area (Å²) in [5, 5.41) is 4.15. The van der Waals surface area contributed by atoms with Crippen molar-refractivity contribution in [3.63, 3.8) is 0 Å². The van der Waals surface area contributed by atoms with E-state index in [9.17, 15) is 12.8 Å². The molecule has 3 N–H and O–H groups in total. The van der Waals surface area contributed by atoms with E-state index in [1.807, 2.05) is 0 Å². The number of hydrogen-bond acceptors (Lipinski definition) is 4. The van der Waals surface area contributed by atoms with Gasteiger partial charge in [-0.1, -0.05) is 0 Å². The van der Waals surface area contributed by atoms with Crippen LogP contribution >= 0.6 is 0 Å². The second-order valence-corrected chi connectivity index (χ2v) is 6.49. The zero-order valence-corrected chi connectivity index (χ0v) is 12.6. The van der Waals surface area contributed by atoms with Crippen molar-refractivity contribution < 1.29 is 12.8 Å². The Labute approximate surface area is 122 Å².